The SMILES string of the molecule is O=S(=O)(Cc1ccccc1)Nc1ccc(-c2ccc3nc(NC4CCCNC4)ncc3c2)c(F)c1F. The molecule has 1 aromatic heterocycles. The van der Waals surface area contributed by atoms with Gasteiger partial charge in [0.25, 0.3) is 0 Å². The van der Waals surface area contributed by atoms with Gasteiger partial charge in [0.2, 0.25) is 16.0 Å². The van der Waals surface area contributed by atoms with Crippen LogP contribution < -0.4 is 15.4 Å². The van der Waals surface area contributed by atoms with E-state index in [1.54, 1.807) is 54.7 Å². The summed E-state index contributed by atoms with van der Waals surface area (Å²) in [5.74, 6) is -2.23. The van der Waals surface area contributed by atoms with Gasteiger partial charge in [-0.2, -0.15) is 0 Å². The molecule has 1 aliphatic heterocycles. The molecule has 4 aromatic rings. The lowest BCUT2D eigenvalue weighted by Crippen LogP contribution is -2.38. The number of anilines is 2. The molecule has 1 unspecified atom stereocenters. The predicted octanol–water partition coefficient (Wildman–Crippen LogP) is 4.68. The van der Waals surface area contributed by atoms with Crippen LogP contribution >= 0.6 is 0 Å². The van der Waals surface area contributed by atoms with Gasteiger partial charge in [-0.1, -0.05) is 36.4 Å². The maximum Gasteiger partial charge on any atom is 0.237 e. The highest BCUT2D eigenvalue weighted by molar-refractivity contribution is 7.91. The average Bonchev–Trinajstić information content (AvgIpc) is 2.87. The summed E-state index contributed by atoms with van der Waals surface area (Å²) in [6.45, 7) is 1.86. The predicted molar refractivity (Wildman–Crippen MR) is 137 cm³/mol. The minimum Gasteiger partial charge on any atom is -0.350 e. The summed E-state index contributed by atoms with van der Waals surface area (Å²) in [5, 5.41) is 7.33. The molecule has 1 atom stereocenters. The number of piperidine rings is 1. The molecule has 0 spiro atoms. The minimum absolute atomic E-state index is 0.0101. The van der Waals surface area contributed by atoms with Crippen molar-refractivity contribution < 1.29 is 17.2 Å². The summed E-state index contributed by atoms with van der Waals surface area (Å²) in [5.41, 5.74) is 1.21. The molecule has 5 rings (SSSR count). The average molecular weight is 510 g/mol. The molecule has 0 amide bonds. The fourth-order valence-corrected chi connectivity index (χ4v) is 5.47. The van der Waals surface area contributed by atoms with Gasteiger partial charge in [-0.05, 0) is 54.8 Å². The largest absolute Gasteiger partial charge is 0.350 e. The van der Waals surface area contributed by atoms with Gasteiger partial charge in [-0.25, -0.2) is 27.2 Å². The van der Waals surface area contributed by atoms with Crippen LogP contribution in [0.3, 0.4) is 0 Å². The number of rotatable bonds is 7. The van der Waals surface area contributed by atoms with E-state index in [9.17, 15) is 12.8 Å². The first-order valence-electron chi connectivity index (χ1n) is 11.6. The van der Waals surface area contributed by atoms with Gasteiger partial charge in [-0.15, -0.1) is 0 Å². The van der Waals surface area contributed by atoms with E-state index in [1.807, 2.05) is 0 Å². The Bertz CT molecular complexity index is 1490. The van der Waals surface area contributed by atoms with Crippen molar-refractivity contribution in [2.24, 2.45) is 0 Å². The van der Waals surface area contributed by atoms with Crippen molar-refractivity contribution in [1.82, 2.24) is 15.3 Å². The Morgan fingerprint density at radius 2 is 1.86 bits per heavy atom. The van der Waals surface area contributed by atoms with Crippen molar-refractivity contribution >= 4 is 32.6 Å². The van der Waals surface area contributed by atoms with Gasteiger partial charge >= 0.3 is 0 Å². The highest BCUT2D eigenvalue weighted by Gasteiger charge is 2.20. The number of hydrogen-bond donors (Lipinski definition) is 3. The second-order valence-electron chi connectivity index (χ2n) is 8.79. The third kappa shape index (κ3) is 5.44. The highest BCUT2D eigenvalue weighted by atomic mass is 32.2. The van der Waals surface area contributed by atoms with E-state index in [0.29, 0.717) is 28.0 Å². The Labute approximate surface area is 208 Å². The van der Waals surface area contributed by atoms with Gasteiger partial charge < -0.3 is 10.6 Å². The van der Waals surface area contributed by atoms with Gasteiger partial charge in [0.1, 0.15) is 0 Å². The number of nitrogens with zero attached hydrogens (tertiary/aromatic N) is 2. The normalized spacial score (nSPS) is 16.1. The van der Waals surface area contributed by atoms with Crippen molar-refractivity contribution in [2.45, 2.75) is 24.6 Å². The van der Waals surface area contributed by atoms with Crippen LogP contribution in [0.4, 0.5) is 20.4 Å². The van der Waals surface area contributed by atoms with Crippen molar-refractivity contribution in [3.63, 3.8) is 0 Å². The summed E-state index contributed by atoms with van der Waals surface area (Å²) in [6.07, 6.45) is 3.77. The summed E-state index contributed by atoms with van der Waals surface area (Å²) in [6, 6.07) is 16.4. The molecule has 186 valence electrons. The number of hydrogen-bond acceptors (Lipinski definition) is 6. The maximum atomic E-state index is 15.0. The van der Waals surface area contributed by atoms with Gasteiger partial charge in [0, 0.05) is 29.7 Å². The Balaban J connectivity index is 1.36. The van der Waals surface area contributed by atoms with E-state index < -0.39 is 27.3 Å². The van der Waals surface area contributed by atoms with E-state index in [2.05, 4.69) is 25.3 Å². The molecular formula is C26H25F2N5O2S. The third-order valence-corrected chi connectivity index (χ3v) is 7.31. The molecule has 0 bridgehead atoms. The molecule has 2 heterocycles. The molecule has 0 saturated carbocycles. The number of fused-ring (bicyclic) bond motifs is 1. The van der Waals surface area contributed by atoms with Gasteiger partial charge in [0.15, 0.2) is 11.6 Å². The van der Waals surface area contributed by atoms with E-state index in [1.165, 1.54) is 12.1 Å². The smallest absolute Gasteiger partial charge is 0.237 e. The Morgan fingerprint density at radius 1 is 1.03 bits per heavy atom. The zero-order valence-electron chi connectivity index (χ0n) is 19.3. The number of halogens is 2. The third-order valence-electron chi connectivity index (χ3n) is 6.07. The molecule has 7 nitrogen and oxygen atoms in total. The Kier molecular flexibility index (Phi) is 6.80. The standard InChI is InChI=1S/C26H25F2N5O2S/c27-24-21(9-11-23(25(24)28)33-36(34,35)16-17-5-2-1-3-6-17)18-8-10-22-19(13-18)14-30-26(32-22)31-20-7-4-12-29-15-20/h1-3,5-6,8-11,13-14,20,29,33H,4,7,12,15-16H2,(H,30,31,32). The van der Waals surface area contributed by atoms with Crippen molar-refractivity contribution in [1.29, 1.82) is 0 Å². The Hall–Kier alpha value is -3.63. The molecule has 0 radical (unpaired) electrons. The fraction of sp³-hybridized carbons (Fsp3) is 0.231. The van der Waals surface area contributed by atoms with Crippen LogP contribution in [-0.4, -0.2) is 37.5 Å². The second-order valence-corrected chi connectivity index (χ2v) is 10.5. The first-order valence-corrected chi connectivity index (χ1v) is 13.3. The highest BCUT2D eigenvalue weighted by Crippen LogP contribution is 2.31. The molecule has 0 aliphatic carbocycles. The Morgan fingerprint density at radius 3 is 2.64 bits per heavy atom. The van der Waals surface area contributed by atoms with E-state index in [0.717, 1.165) is 25.9 Å². The van der Waals surface area contributed by atoms with Crippen LogP contribution in [0.15, 0.2) is 66.9 Å². The fourth-order valence-electron chi connectivity index (χ4n) is 4.28. The van der Waals surface area contributed by atoms with Crippen LogP contribution in [0.5, 0.6) is 0 Å². The summed E-state index contributed by atoms with van der Waals surface area (Å²) in [4.78, 5) is 8.91. The van der Waals surface area contributed by atoms with Gasteiger partial charge in [0.05, 0.1) is 17.0 Å². The van der Waals surface area contributed by atoms with Crippen LogP contribution in [0, 0.1) is 11.6 Å². The van der Waals surface area contributed by atoms with E-state index in [4.69, 9.17) is 0 Å². The lowest BCUT2D eigenvalue weighted by molar-refractivity contribution is 0.478. The van der Waals surface area contributed by atoms with Crippen LogP contribution in [-0.2, 0) is 15.8 Å². The topological polar surface area (TPSA) is 96.0 Å². The quantitative estimate of drug-likeness (QED) is 0.335. The van der Waals surface area contributed by atoms with Crippen molar-refractivity contribution in [3.8, 4) is 11.1 Å². The molecule has 3 aromatic carbocycles. The molecule has 1 saturated heterocycles. The molecule has 36 heavy (non-hydrogen) atoms. The lowest BCUT2D eigenvalue weighted by Gasteiger charge is -2.23. The number of nitrogens with one attached hydrogen (secondary N) is 3. The second kappa shape index (κ2) is 10.2. The molecule has 1 fully saturated rings. The molecule has 10 heteroatoms. The number of benzene rings is 3. The summed E-state index contributed by atoms with van der Waals surface area (Å²) >= 11 is 0. The van der Waals surface area contributed by atoms with Crippen LogP contribution in [0.25, 0.3) is 22.0 Å². The number of aromatic nitrogens is 2. The van der Waals surface area contributed by atoms with Crippen LogP contribution in [0.2, 0.25) is 0 Å². The number of sulfonamides is 1. The van der Waals surface area contributed by atoms with E-state index >= 15 is 4.39 Å². The summed E-state index contributed by atoms with van der Waals surface area (Å²) in [7, 11) is -3.93. The van der Waals surface area contributed by atoms with E-state index in [-0.39, 0.29) is 17.4 Å². The molecule has 3 N–H and O–H groups in total. The van der Waals surface area contributed by atoms with Crippen LogP contribution in [0.1, 0.15) is 18.4 Å². The summed E-state index contributed by atoms with van der Waals surface area (Å²) < 4.78 is 57.0. The first-order chi connectivity index (χ1) is 17.4. The lowest BCUT2D eigenvalue weighted by atomic mass is 10.0. The zero-order chi connectivity index (χ0) is 25.1. The van der Waals surface area contributed by atoms with Crippen molar-refractivity contribution in [3.05, 3.63) is 84.1 Å². The maximum absolute atomic E-state index is 15.0. The molecule has 1 aliphatic rings. The minimum atomic E-state index is -3.93. The first kappa shape index (κ1) is 24.1. The van der Waals surface area contributed by atoms with Gasteiger partial charge in [-0.3, -0.25) is 4.72 Å². The monoisotopic (exact) mass is 509 g/mol. The molecular weight excluding hydrogens is 484 g/mol. The van der Waals surface area contributed by atoms with Crippen molar-refractivity contribution in [2.75, 3.05) is 23.1 Å². The zero-order valence-corrected chi connectivity index (χ0v) is 20.2.